The van der Waals surface area contributed by atoms with Gasteiger partial charge in [0.1, 0.15) is 0 Å². The first-order chi connectivity index (χ1) is 8.69. The molecule has 0 aliphatic rings. The summed E-state index contributed by atoms with van der Waals surface area (Å²) in [5.74, 6) is 0. The minimum absolute atomic E-state index is 0.218. The van der Waals surface area contributed by atoms with E-state index in [1.54, 1.807) is 0 Å². The molecule has 0 heterocycles. The number of rotatable bonds is 10. The van der Waals surface area contributed by atoms with Crippen LogP contribution in [0.5, 0.6) is 0 Å². The highest BCUT2D eigenvalue weighted by atomic mass is 16.2. The summed E-state index contributed by atoms with van der Waals surface area (Å²) in [6, 6.07) is 0. The van der Waals surface area contributed by atoms with Gasteiger partial charge in [-0.1, -0.05) is 23.8 Å². The van der Waals surface area contributed by atoms with Crippen LogP contribution in [0.4, 0.5) is 0 Å². The molecule has 0 aromatic rings. The molecular formula is C16H27NO. The van der Waals surface area contributed by atoms with Crippen LogP contribution in [0.1, 0.15) is 39.5 Å². The van der Waals surface area contributed by atoms with Crippen LogP contribution < -0.4 is 5.32 Å². The van der Waals surface area contributed by atoms with Crippen molar-refractivity contribution in [2.75, 3.05) is 13.2 Å². The van der Waals surface area contributed by atoms with Crippen LogP contribution in [0.15, 0.2) is 48.2 Å². The Bertz CT molecular complexity index is 313. The molecule has 0 atom stereocenters. The van der Waals surface area contributed by atoms with E-state index in [9.17, 15) is 0 Å². The number of allylic oxidation sites excluding steroid dienone is 4. The van der Waals surface area contributed by atoms with E-state index in [2.05, 4.69) is 38.4 Å². The summed E-state index contributed by atoms with van der Waals surface area (Å²) in [6.45, 7) is 12.9. The lowest BCUT2D eigenvalue weighted by Gasteiger charge is -2.13. The maximum Gasteiger partial charge on any atom is 0.0468 e. The van der Waals surface area contributed by atoms with Gasteiger partial charge >= 0.3 is 0 Å². The van der Waals surface area contributed by atoms with Gasteiger partial charge < -0.3 is 10.4 Å². The van der Waals surface area contributed by atoms with Crippen LogP contribution in [0.3, 0.4) is 0 Å². The van der Waals surface area contributed by atoms with Crippen molar-refractivity contribution in [3.8, 4) is 0 Å². The smallest absolute Gasteiger partial charge is 0.0468 e. The van der Waals surface area contributed by atoms with Crippen LogP contribution in [-0.4, -0.2) is 18.3 Å². The second-order valence-electron chi connectivity index (χ2n) is 4.33. The van der Waals surface area contributed by atoms with Gasteiger partial charge in [0, 0.05) is 25.3 Å². The molecule has 0 bridgehead atoms. The molecule has 0 aromatic heterocycles. The molecule has 0 aromatic carbocycles. The fraction of sp³-hybridized carbons (Fsp3) is 0.500. The summed E-state index contributed by atoms with van der Waals surface area (Å²) < 4.78 is 0. The zero-order valence-corrected chi connectivity index (χ0v) is 11.8. The Morgan fingerprint density at radius 2 is 1.83 bits per heavy atom. The average Bonchev–Trinajstić information content (AvgIpc) is 2.34. The third-order valence-corrected chi connectivity index (χ3v) is 2.76. The Morgan fingerprint density at radius 1 is 1.17 bits per heavy atom. The quantitative estimate of drug-likeness (QED) is 0.578. The van der Waals surface area contributed by atoms with Crippen molar-refractivity contribution in [3.05, 3.63) is 48.2 Å². The Labute approximate surface area is 112 Å². The van der Waals surface area contributed by atoms with Crippen molar-refractivity contribution in [3.63, 3.8) is 0 Å². The first-order valence-corrected chi connectivity index (χ1v) is 6.62. The molecule has 0 fully saturated rings. The van der Waals surface area contributed by atoms with Crippen LogP contribution in [-0.2, 0) is 0 Å². The summed E-state index contributed by atoms with van der Waals surface area (Å²) in [5, 5.41) is 12.3. The topological polar surface area (TPSA) is 32.3 Å². The number of nitrogens with one attached hydrogen (secondary N) is 1. The molecule has 0 unspecified atom stereocenters. The molecule has 2 nitrogen and oxygen atoms in total. The van der Waals surface area contributed by atoms with Crippen molar-refractivity contribution in [2.45, 2.75) is 39.5 Å². The molecule has 0 aliphatic heterocycles. The summed E-state index contributed by atoms with van der Waals surface area (Å²) in [6.07, 6.45) is 9.46. The van der Waals surface area contributed by atoms with Crippen molar-refractivity contribution in [1.82, 2.24) is 5.32 Å². The molecule has 18 heavy (non-hydrogen) atoms. The second kappa shape index (κ2) is 10.8. The minimum Gasteiger partial charge on any atom is -0.396 e. The van der Waals surface area contributed by atoms with E-state index in [-0.39, 0.29) is 6.61 Å². The predicted molar refractivity (Wildman–Crippen MR) is 80.4 cm³/mol. The predicted octanol–water partition coefficient (Wildman–Crippen LogP) is 3.72. The fourth-order valence-corrected chi connectivity index (χ4v) is 1.78. The number of hydrogen-bond donors (Lipinski definition) is 2. The van der Waals surface area contributed by atoms with Gasteiger partial charge in [0.25, 0.3) is 0 Å². The molecule has 0 radical (unpaired) electrons. The molecular weight excluding hydrogens is 222 g/mol. The van der Waals surface area contributed by atoms with Gasteiger partial charge in [0.05, 0.1) is 0 Å². The van der Waals surface area contributed by atoms with Crippen LogP contribution in [0.2, 0.25) is 0 Å². The third-order valence-electron chi connectivity index (χ3n) is 2.76. The summed E-state index contributed by atoms with van der Waals surface area (Å²) in [4.78, 5) is 0. The lowest BCUT2D eigenvalue weighted by molar-refractivity contribution is 0.299. The summed E-state index contributed by atoms with van der Waals surface area (Å²) in [7, 11) is 0. The molecule has 102 valence electrons. The summed E-state index contributed by atoms with van der Waals surface area (Å²) in [5.41, 5.74) is 3.83. The van der Waals surface area contributed by atoms with E-state index in [1.807, 2.05) is 12.2 Å². The average molecular weight is 249 g/mol. The van der Waals surface area contributed by atoms with Crippen molar-refractivity contribution < 1.29 is 5.11 Å². The number of hydrogen-bond acceptors (Lipinski definition) is 2. The van der Waals surface area contributed by atoms with E-state index in [0.29, 0.717) is 0 Å². The SMILES string of the molecule is C=CC/C(C/C=C(\C)CCO)=C(/CC=C)NCC. The molecule has 2 N–H and O–H groups in total. The zero-order chi connectivity index (χ0) is 13.8. The van der Waals surface area contributed by atoms with Crippen LogP contribution in [0.25, 0.3) is 0 Å². The molecule has 2 heteroatoms. The van der Waals surface area contributed by atoms with Crippen molar-refractivity contribution in [1.29, 1.82) is 0 Å². The van der Waals surface area contributed by atoms with Crippen LogP contribution >= 0.6 is 0 Å². The highest BCUT2D eigenvalue weighted by Crippen LogP contribution is 2.17. The van der Waals surface area contributed by atoms with Gasteiger partial charge in [0.15, 0.2) is 0 Å². The van der Waals surface area contributed by atoms with E-state index < -0.39 is 0 Å². The van der Waals surface area contributed by atoms with Crippen molar-refractivity contribution in [2.24, 2.45) is 0 Å². The summed E-state index contributed by atoms with van der Waals surface area (Å²) >= 11 is 0. The first-order valence-electron chi connectivity index (χ1n) is 6.62. The molecule has 0 rings (SSSR count). The molecule has 0 spiro atoms. The van der Waals surface area contributed by atoms with E-state index >= 15 is 0 Å². The fourth-order valence-electron chi connectivity index (χ4n) is 1.78. The molecule has 0 amide bonds. The molecule has 0 aliphatic carbocycles. The van der Waals surface area contributed by atoms with Crippen LogP contribution in [0, 0.1) is 0 Å². The Balaban J connectivity index is 4.87. The molecule has 0 saturated heterocycles. The largest absolute Gasteiger partial charge is 0.396 e. The number of aliphatic hydroxyl groups is 1. The van der Waals surface area contributed by atoms with Gasteiger partial charge in [-0.25, -0.2) is 0 Å². The Kier molecular flexibility index (Phi) is 10.1. The van der Waals surface area contributed by atoms with Crippen molar-refractivity contribution >= 4 is 0 Å². The lowest BCUT2D eigenvalue weighted by atomic mass is 10.0. The van der Waals surface area contributed by atoms with Gasteiger partial charge in [-0.3, -0.25) is 0 Å². The van der Waals surface area contributed by atoms with E-state index in [4.69, 9.17) is 5.11 Å². The molecule has 0 saturated carbocycles. The zero-order valence-electron chi connectivity index (χ0n) is 11.8. The van der Waals surface area contributed by atoms with E-state index in [1.165, 1.54) is 16.8 Å². The van der Waals surface area contributed by atoms with Gasteiger partial charge in [-0.05, 0) is 38.7 Å². The minimum atomic E-state index is 0.218. The Hall–Kier alpha value is -1.28. The Morgan fingerprint density at radius 3 is 2.33 bits per heavy atom. The van der Waals surface area contributed by atoms with Gasteiger partial charge in [-0.2, -0.15) is 0 Å². The number of aliphatic hydroxyl groups excluding tert-OH is 1. The van der Waals surface area contributed by atoms with Gasteiger partial charge in [-0.15, -0.1) is 13.2 Å². The first kappa shape index (κ1) is 16.7. The highest BCUT2D eigenvalue weighted by Gasteiger charge is 2.03. The van der Waals surface area contributed by atoms with E-state index in [0.717, 1.165) is 32.2 Å². The van der Waals surface area contributed by atoms with Gasteiger partial charge in [0.2, 0.25) is 0 Å². The highest BCUT2D eigenvalue weighted by molar-refractivity contribution is 5.21. The maximum atomic E-state index is 8.89. The third kappa shape index (κ3) is 7.13. The second-order valence-corrected chi connectivity index (χ2v) is 4.33. The maximum absolute atomic E-state index is 8.89. The monoisotopic (exact) mass is 249 g/mol. The lowest BCUT2D eigenvalue weighted by Crippen LogP contribution is -2.14. The standard InChI is InChI=1S/C16H27NO/c1-5-8-15(11-10-14(4)12-13-18)16(9-6-2)17-7-3/h5-6,10,17-18H,1-2,7-9,11-13H2,3-4H3/b14-10+,16-15+. The normalized spacial score (nSPS) is 12.9.